The Morgan fingerprint density at radius 3 is 1.86 bits per heavy atom. The van der Waals surface area contributed by atoms with Crippen molar-refractivity contribution in [3.63, 3.8) is 0 Å². The Morgan fingerprint density at radius 2 is 1.71 bits per heavy atom. The van der Waals surface area contributed by atoms with Crippen LogP contribution >= 0.6 is 0 Å². The lowest BCUT2D eigenvalue weighted by Crippen LogP contribution is -2.36. The first-order chi connectivity index (χ1) is 3.21. The van der Waals surface area contributed by atoms with Crippen LogP contribution in [0.5, 0.6) is 0 Å². The lowest BCUT2D eigenvalue weighted by molar-refractivity contribution is 0.623. The second-order valence-electron chi connectivity index (χ2n) is 2.86. The maximum absolute atomic E-state index is 5.78. The van der Waals surface area contributed by atoms with Crippen molar-refractivity contribution >= 4 is 7.85 Å². The van der Waals surface area contributed by atoms with E-state index in [0.29, 0.717) is 0 Å². The summed E-state index contributed by atoms with van der Waals surface area (Å²) < 4.78 is 0. The summed E-state index contributed by atoms with van der Waals surface area (Å²) in [4.78, 5) is 0. The van der Waals surface area contributed by atoms with Gasteiger partial charge < -0.3 is 5.73 Å². The largest absolute Gasteiger partial charge is 0.332 e. The van der Waals surface area contributed by atoms with E-state index < -0.39 is 0 Å². The van der Waals surface area contributed by atoms with Gasteiger partial charge in [-0.2, -0.15) is 0 Å². The molecule has 0 bridgehead atoms. The predicted molar refractivity (Wildman–Crippen MR) is 33.9 cm³/mol. The summed E-state index contributed by atoms with van der Waals surface area (Å²) in [5, 5.41) is 0. The highest BCUT2D eigenvalue weighted by Gasteiger charge is 2.22. The third-order valence-corrected chi connectivity index (χ3v) is 1.75. The monoisotopic (exact) mass is 97.1 g/mol. The quantitative estimate of drug-likeness (QED) is 0.418. The Balaban J connectivity index is 2.40. The minimum absolute atomic E-state index is 0.194. The lowest BCUT2D eigenvalue weighted by atomic mass is 9.78. The topological polar surface area (TPSA) is 26.0 Å². The highest BCUT2D eigenvalue weighted by molar-refractivity contribution is 6.15. The van der Waals surface area contributed by atoms with E-state index in [0.717, 1.165) is 0 Å². The molecule has 0 radical (unpaired) electrons. The second-order valence-corrected chi connectivity index (χ2v) is 2.86. The van der Waals surface area contributed by atoms with E-state index in [-0.39, 0.29) is 5.44 Å². The van der Waals surface area contributed by atoms with Gasteiger partial charge in [0.15, 0.2) is 0 Å². The van der Waals surface area contributed by atoms with Crippen LogP contribution in [0.15, 0.2) is 0 Å². The normalized spacial score (nSPS) is 28.1. The van der Waals surface area contributed by atoms with E-state index >= 15 is 0 Å². The molecule has 1 fully saturated rings. The average Bonchev–Trinajstić information content (AvgIpc) is 1.84. The Kier molecular flexibility index (Phi) is 1.12. The van der Waals surface area contributed by atoms with Gasteiger partial charge >= 0.3 is 0 Å². The summed E-state index contributed by atoms with van der Waals surface area (Å²) in [6.07, 6.45) is 5.14. The Bertz CT molecular complexity index is 62.5. The number of rotatable bonds is 0. The van der Waals surface area contributed by atoms with Crippen LogP contribution in [0.25, 0.3) is 0 Å². The van der Waals surface area contributed by atoms with Crippen molar-refractivity contribution in [3.05, 3.63) is 0 Å². The molecule has 2 N–H and O–H groups in total. The van der Waals surface area contributed by atoms with Crippen molar-refractivity contribution in [1.29, 1.82) is 0 Å². The van der Waals surface area contributed by atoms with Crippen LogP contribution in [0.3, 0.4) is 0 Å². The molecule has 2 heteroatoms. The first-order valence-electron chi connectivity index (χ1n) is 3.00. The van der Waals surface area contributed by atoms with Gasteiger partial charge in [-0.3, -0.25) is 0 Å². The van der Waals surface area contributed by atoms with Gasteiger partial charge in [-0.05, 0) is 18.3 Å². The zero-order chi connectivity index (χ0) is 5.33. The van der Waals surface area contributed by atoms with Crippen molar-refractivity contribution < 1.29 is 0 Å². The molecule has 0 saturated heterocycles. The molecular formula is C5H12BN. The molecule has 0 aromatic rings. The van der Waals surface area contributed by atoms with Gasteiger partial charge in [-0.25, -0.2) is 0 Å². The molecule has 0 atom stereocenters. The molecule has 1 aliphatic carbocycles. The molecule has 40 valence electrons. The zero-order valence-corrected chi connectivity index (χ0v) is 4.91. The maximum atomic E-state index is 5.78. The summed E-state index contributed by atoms with van der Waals surface area (Å²) in [6, 6.07) is 0. The zero-order valence-electron chi connectivity index (χ0n) is 4.91. The van der Waals surface area contributed by atoms with Crippen molar-refractivity contribution in [2.45, 2.75) is 31.1 Å². The van der Waals surface area contributed by atoms with Crippen LogP contribution in [-0.2, 0) is 0 Å². The highest BCUT2D eigenvalue weighted by Crippen LogP contribution is 2.23. The molecule has 7 heavy (non-hydrogen) atoms. The van der Waals surface area contributed by atoms with E-state index in [2.05, 4.69) is 7.85 Å². The van der Waals surface area contributed by atoms with Crippen LogP contribution in [0.4, 0.5) is 0 Å². The summed E-state index contributed by atoms with van der Waals surface area (Å²) in [5.41, 5.74) is 5.97. The van der Waals surface area contributed by atoms with Gasteiger partial charge in [0.05, 0.1) is 0 Å². The number of nitrogens with two attached hydrogens (primary N) is 1. The van der Waals surface area contributed by atoms with E-state index in [1.165, 1.54) is 25.7 Å². The standard InChI is InChI=1S/C5H12BN/c6-5(7)3-1-2-4-5/h1-4,6-7H2. The van der Waals surface area contributed by atoms with Crippen LogP contribution < -0.4 is 5.73 Å². The molecule has 0 aromatic heterocycles. The maximum Gasteiger partial charge on any atom is 0.127 e. The first-order valence-corrected chi connectivity index (χ1v) is 3.00. The minimum atomic E-state index is 0.194. The predicted octanol–water partition coefficient (Wildman–Crippen LogP) is -0.152. The third kappa shape index (κ3) is 1.20. The van der Waals surface area contributed by atoms with Crippen molar-refractivity contribution in [2.75, 3.05) is 0 Å². The molecular weight excluding hydrogens is 84.9 g/mol. The fraction of sp³-hybridized carbons (Fsp3) is 1.00. The lowest BCUT2D eigenvalue weighted by Gasteiger charge is -2.14. The molecule has 0 aromatic carbocycles. The Hall–Kier alpha value is 0.0249. The summed E-state index contributed by atoms with van der Waals surface area (Å²) in [5.74, 6) is 0. The summed E-state index contributed by atoms with van der Waals surface area (Å²) in [7, 11) is 2.14. The van der Waals surface area contributed by atoms with Gasteiger partial charge in [0.1, 0.15) is 7.85 Å². The van der Waals surface area contributed by atoms with Gasteiger partial charge in [0.2, 0.25) is 0 Å². The van der Waals surface area contributed by atoms with E-state index in [9.17, 15) is 0 Å². The second kappa shape index (κ2) is 1.51. The van der Waals surface area contributed by atoms with Crippen LogP contribution in [0, 0.1) is 0 Å². The molecule has 1 nitrogen and oxygen atoms in total. The minimum Gasteiger partial charge on any atom is -0.332 e. The molecule has 1 rings (SSSR count). The SMILES string of the molecule is BC1(N)CCCC1. The van der Waals surface area contributed by atoms with Crippen LogP contribution in [0.2, 0.25) is 0 Å². The first kappa shape index (κ1) is 5.17. The average molecular weight is 97.0 g/mol. The van der Waals surface area contributed by atoms with E-state index in [4.69, 9.17) is 5.73 Å². The highest BCUT2D eigenvalue weighted by atomic mass is 14.7. The van der Waals surface area contributed by atoms with Crippen molar-refractivity contribution in [2.24, 2.45) is 5.73 Å². The van der Waals surface area contributed by atoms with E-state index in [1.807, 2.05) is 0 Å². The third-order valence-electron chi connectivity index (χ3n) is 1.75. The van der Waals surface area contributed by atoms with Gasteiger partial charge in [0, 0.05) is 0 Å². The molecule has 0 amide bonds. The molecule has 1 aliphatic rings. The fourth-order valence-electron chi connectivity index (χ4n) is 1.18. The van der Waals surface area contributed by atoms with Crippen molar-refractivity contribution in [3.8, 4) is 0 Å². The Labute approximate surface area is 45.7 Å². The summed E-state index contributed by atoms with van der Waals surface area (Å²) >= 11 is 0. The smallest absolute Gasteiger partial charge is 0.127 e. The van der Waals surface area contributed by atoms with Gasteiger partial charge in [-0.15, -0.1) is 0 Å². The van der Waals surface area contributed by atoms with Crippen LogP contribution in [0.1, 0.15) is 25.7 Å². The Morgan fingerprint density at radius 1 is 1.29 bits per heavy atom. The molecule has 1 saturated carbocycles. The van der Waals surface area contributed by atoms with Gasteiger partial charge in [0.25, 0.3) is 0 Å². The van der Waals surface area contributed by atoms with Crippen molar-refractivity contribution in [1.82, 2.24) is 0 Å². The molecule has 0 aliphatic heterocycles. The van der Waals surface area contributed by atoms with Crippen LogP contribution in [-0.4, -0.2) is 13.3 Å². The number of hydrogen-bond donors (Lipinski definition) is 1. The fourth-order valence-corrected chi connectivity index (χ4v) is 1.18. The van der Waals surface area contributed by atoms with Gasteiger partial charge in [-0.1, -0.05) is 12.8 Å². The van der Waals surface area contributed by atoms with E-state index in [1.54, 1.807) is 0 Å². The molecule has 0 unspecified atom stereocenters. The molecule has 0 heterocycles. The summed E-state index contributed by atoms with van der Waals surface area (Å²) in [6.45, 7) is 0. The number of hydrogen-bond acceptors (Lipinski definition) is 1. The molecule has 0 spiro atoms.